The van der Waals surface area contributed by atoms with Crippen LogP contribution in [0.2, 0.25) is 0 Å². The van der Waals surface area contributed by atoms with Gasteiger partial charge in [0, 0.05) is 19.6 Å². The Morgan fingerprint density at radius 1 is 1.32 bits per heavy atom. The van der Waals surface area contributed by atoms with E-state index in [1.807, 2.05) is 18.0 Å². The highest BCUT2D eigenvalue weighted by Gasteiger charge is 2.33. The number of nitrogens with zero attached hydrogens (tertiary/aromatic N) is 4. The first-order valence-corrected chi connectivity index (χ1v) is 7.82. The number of carbonyl (C=O) groups excluding carboxylic acids is 1. The molecule has 2 atom stereocenters. The Bertz CT molecular complexity index is 637. The molecule has 0 radical (unpaired) electrons. The lowest BCUT2D eigenvalue weighted by molar-refractivity contribution is -0.131. The SMILES string of the molecule is CC1C(Cc2ccccc2)CCN1C(=O)Cc1cnnn1C. The van der Waals surface area contributed by atoms with Crippen LogP contribution < -0.4 is 0 Å². The zero-order chi connectivity index (χ0) is 15.5. The van der Waals surface area contributed by atoms with Gasteiger partial charge in [-0.15, -0.1) is 5.10 Å². The number of carbonyl (C=O) groups is 1. The van der Waals surface area contributed by atoms with Crippen LogP contribution in [0.5, 0.6) is 0 Å². The van der Waals surface area contributed by atoms with Gasteiger partial charge in [0.05, 0.1) is 18.3 Å². The van der Waals surface area contributed by atoms with Crippen molar-refractivity contribution in [1.82, 2.24) is 19.9 Å². The molecule has 2 heterocycles. The van der Waals surface area contributed by atoms with Crippen molar-refractivity contribution in [3.63, 3.8) is 0 Å². The van der Waals surface area contributed by atoms with Gasteiger partial charge in [0.15, 0.2) is 0 Å². The summed E-state index contributed by atoms with van der Waals surface area (Å²) in [4.78, 5) is 14.5. The molecule has 1 aromatic heterocycles. The highest BCUT2D eigenvalue weighted by molar-refractivity contribution is 5.79. The smallest absolute Gasteiger partial charge is 0.228 e. The second kappa shape index (κ2) is 6.30. The lowest BCUT2D eigenvalue weighted by Crippen LogP contribution is -2.37. The molecule has 5 nitrogen and oxygen atoms in total. The van der Waals surface area contributed by atoms with Crippen molar-refractivity contribution in [2.75, 3.05) is 6.54 Å². The lowest BCUT2D eigenvalue weighted by Gasteiger charge is -2.25. The van der Waals surface area contributed by atoms with Gasteiger partial charge in [-0.1, -0.05) is 35.5 Å². The number of aryl methyl sites for hydroxylation is 1. The Kier molecular flexibility index (Phi) is 4.22. The normalized spacial score (nSPS) is 21.3. The third kappa shape index (κ3) is 3.03. The van der Waals surface area contributed by atoms with Crippen LogP contribution in [0, 0.1) is 5.92 Å². The second-order valence-electron chi connectivity index (χ2n) is 6.09. The van der Waals surface area contributed by atoms with Crippen molar-refractivity contribution in [2.45, 2.75) is 32.2 Å². The summed E-state index contributed by atoms with van der Waals surface area (Å²) < 4.78 is 1.67. The average Bonchev–Trinajstić information content (AvgIpc) is 3.08. The van der Waals surface area contributed by atoms with Gasteiger partial charge in [0.2, 0.25) is 5.91 Å². The van der Waals surface area contributed by atoms with E-state index in [0.717, 1.165) is 25.1 Å². The second-order valence-corrected chi connectivity index (χ2v) is 6.09. The summed E-state index contributed by atoms with van der Waals surface area (Å²) >= 11 is 0. The molecule has 1 aromatic carbocycles. The number of rotatable bonds is 4. The minimum absolute atomic E-state index is 0.175. The van der Waals surface area contributed by atoms with Gasteiger partial charge in [0.1, 0.15) is 0 Å². The Morgan fingerprint density at radius 3 is 2.77 bits per heavy atom. The van der Waals surface area contributed by atoms with E-state index < -0.39 is 0 Å². The largest absolute Gasteiger partial charge is 0.339 e. The first-order valence-electron chi connectivity index (χ1n) is 7.82. The highest BCUT2D eigenvalue weighted by Crippen LogP contribution is 2.28. The van der Waals surface area contributed by atoms with Gasteiger partial charge in [-0.25, -0.2) is 0 Å². The van der Waals surface area contributed by atoms with Gasteiger partial charge >= 0.3 is 0 Å². The number of amides is 1. The molecular formula is C17H22N4O. The monoisotopic (exact) mass is 298 g/mol. The van der Waals surface area contributed by atoms with Crippen molar-refractivity contribution < 1.29 is 4.79 Å². The van der Waals surface area contributed by atoms with Crippen LogP contribution in [0.4, 0.5) is 0 Å². The molecule has 1 fully saturated rings. The van der Waals surface area contributed by atoms with Crippen molar-refractivity contribution >= 4 is 5.91 Å². The molecule has 3 rings (SSSR count). The van der Waals surface area contributed by atoms with Crippen molar-refractivity contribution in [3.05, 3.63) is 47.8 Å². The third-order valence-corrected chi connectivity index (χ3v) is 4.72. The maximum absolute atomic E-state index is 12.5. The molecule has 0 saturated carbocycles. The zero-order valence-electron chi connectivity index (χ0n) is 13.1. The van der Waals surface area contributed by atoms with Crippen LogP contribution in [0.3, 0.4) is 0 Å². The highest BCUT2D eigenvalue weighted by atomic mass is 16.2. The summed E-state index contributed by atoms with van der Waals surface area (Å²) in [5.41, 5.74) is 2.22. The number of benzene rings is 1. The van der Waals surface area contributed by atoms with E-state index in [1.165, 1.54) is 5.56 Å². The quantitative estimate of drug-likeness (QED) is 0.865. The molecule has 116 valence electrons. The summed E-state index contributed by atoms with van der Waals surface area (Å²) in [5, 5.41) is 7.72. The van der Waals surface area contributed by atoms with Crippen LogP contribution >= 0.6 is 0 Å². The molecule has 1 aliphatic rings. The van der Waals surface area contributed by atoms with E-state index >= 15 is 0 Å². The molecule has 2 aromatic rings. The number of hydrogen-bond donors (Lipinski definition) is 0. The van der Waals surface area contributed by atoms with Gasteiger partial charge in [-0.2, -0.15) is 0 Å². The Morgan fingerprint density at radius 2 is 2.09 bits per heavy atom. The minimum Gasteiger partial charge on any atom is -0.339 e. The van der Waals surface area contributed by atoms with Crippen LogP contribution in [-0.4, -0.2) is 38.4 Å². The summed E-state index contributed by atoms with van der Waals surface area (Å²) in [6.07, 6.45) is 4.16. The molecule has 1 aliphatic heterocycles. The molecule has 0 bridgehead atoms. The minimum atomic E-state index is 0.175. The van der Waals surface area contributed by atoms with E-state index in [-0.39, 0.29) is 11.9 Å². The van der Waals surface area contributed by atoms with E-state index in [0.29, 0.717) is 12.3 Å². The molecule has 1 amide bonds. The van der Waals surface area contributed by atoms with E-state index in [4.69, 9.17) is 0 Å². The van der Waals surface area contributed by atoms with Crippen molar-refractivity contribution in [3.8, 4) is 0 Å². The summed E-state index contributed by atoms with van der Waals surface area (Å²) in [7, 11) is 1.82. The van der Waals surface area contributed by atoms with Gasteiger partial charge in [-0.3, -0.25) is 9.48 Å². The molecule has 22 heavy (non-hydrogen) atoms. The van der Waals surface area contributed by atoms with Crippen molar-refractivity contribution in [1.29, 1.82) is 0 Å². The number of hydrogen-bond acceptors (Lipinski definition) is 3. The Balaban J connectivity index is 1.62. The number of likely N-dealkylation sites (tertiary alicyclic amines) is 1. The van der Waals surface area contributed by atoms with Gasteiger partial charge in [0.25, 0.3) is 0 Å². The maximum atomic E-state index is 12.5. The van der Waals surface area contributed by atoms with E-state index in [9.17, 15) is 4.79 Å². The predicted octanol–water partition coefficient (Wildman–Crippen LogP) is 1.84. The Hall–Kier alpha value is -2.17. The third-order valence-electron chi connectivity index (χ3n) is 4.72. The van der Waals surface area contributed by atoms with E-state index in [2.05, 4.69) is 41.5 Å². The van der Waals surface area contributed by atoms with Crippen LogP contribution in [0.15, 0.2) is 36.5 Å². The maximum Gasteiger partial charge on any atom is 0.228 e. The molecule has 1 saturated heterocycles. The zero-order valence-corrected chi connectivity index (χ0v) is 13.1. The van der Waals surface area contributed by atoms with Gasteiger partial charge in [-0.05, 0) is 31.2 Å². The molecular weight excluding hydrogens is 276 g/mol. The molecule has 0 aliphatic carbocycles. The fourth-order valence-electron chi connectivity index (χ4n) is 3.27. The number of aromatic nitrogens is 3. The average molecular weight is 298 g/mol. The summed E-state index contributed by atoms with van der Waals surface area (Å²) in [5.74, 6) is 0.712. The van der Waals surface area contributed by atoms with Crippen LogP contribution in [0.1, 0.15) is 24.6 Å². The molecule has 0 spiro atoms. The molecule has 5 heteroatoms. The van der Waals surface area contributed by atoms with E-state index in [1.54, 1.807) is 10.9 Å². The first-order chi connectivity index (χ1) is 10.6. The first kappa shape index (κ1) is 14.8. The Labute approximate surface area is 130 Å². The standard InChI is InChI=1S/C17H22N4O/c1-13-15(10-14-6-4-3-5-7-14)8-9-21(13)17(22)11-16-12-18-19-20(16)2/h3-7,12-13,15H,8-11H2,1-2H3. The lowest BCUT2D eigenvalue weighted by atomic mass is 9.93. The van der Waals surface area contributed by atoms with Crippen molar-refractivity contribution in [2.24, 2.45) is 13.0 Å². The topological polar surface area (TPSA) is 51.0 Å². The fourth-order valence-corrected chi connectivity index (χ4v) is 3.27. The molecule has 0 N–H and O–H groups in total. The van der Waals surface area contributed by atoms with Gasteiger partial charge < -0.3 is 4.90 Å². The fraction of sp³-hybridized carbons (Fsp3) is 0.471. The summed E-state index contributed by atoms with van der Waals surface area (Å²) in [6, 6.07) is 10.8. The van der Waals surface area contributed by atoms with Crippen LogP contribution in [-0.2, 0) is 24.7 Å². The van der Waals surface area contributed by atoms with Crippen LogP contribution in [0.25, 0.3) is 0 Å². The molecule has 2 unspecified atom stereocenters. The predicted molar refractivity (Wildman–Crippen MR) is 84.1 cm³/mol. The summed E-state index contributed by atoms with van der Waals surface area (Å²) in [6.45, 7) is 3.02.